The van der Waals surface area contributed by atoms with E-state index in [1.807, 2.05) is 18.2 Å². The molecule has 0 saturated heterocycles. The van der Waals surface area contributed by atoms with Crippen LogP contribution in [0, 0.1) is 0 Å². The number of nitrogens with zero attached hydrogens (tertiary/aromatic N) is 1. The van der Waals surface area contributed by atoms with Crippen LogP contribution in [-0.2, 0) is 6.54 Å². The Morgan fingerprint density at radius 2 is 2.05 bits per heavy atom. The molecule has 22 heavy (non-hydrogen) atoms. The van der Waals surface area contributed by atoms with Crippen LogP contribution in [0.25, 0.3) is 0 Å². The summed E-state index contributed by atoms with van der Waals surface area (Å²) in [7, 11) is 1.62. The maximum atomic E-state index is 11.6. The molecule has 4 N–H and O–H groups in total. The van der Waals surface area contributed by atoms with Crippen LogP contribution in [-0.4, -0.2) is 25.0 Å². The van der Waals surface area contributed by atoms with Crippen molar-refractivity contribution >= 4 is 35.8 Å². The van der Waals surface area contributed by atoms with Crippen molar-refractivity contribution in [2.45, 2.75) is 44.7 Å². The molecular formula is C16H25IN4O. The number of amides is 1. The monoisotopic (exact) mass is 416 g/mol. The highest BCUT2D eigenvalue weighted by Gasteiger charge is 2.13. The van der Waals surface area contributed by atoms with Gasteiger partial charge in [-0.25, -0.2) is 4.99 Å². The van der Waals surface area contributed by atoms with Gasteiger partial charge in [-0.1, -0.05) is 31.4 Å². The molecule has 0 atom stereocenters. The van der Waals surface area contributed by atoms with Crippen molar-refractivity contribution in [3.05, 3.63) is 35.4 Å². The fraction of sp³-hybridized carbons (Fsp3) is 0.500. The molecule has 2 rings (SSSR count). The third-order valence-electron chi connectivity index (χ3n) is 3.81. The van der Waals surface area contributed by atoms with Gasteiger partial charge in [-0.2, -0.15) is 0 Å². The van der Waals surface area contributed by atoms with Crippen LogP contribution >= 0.6 is 24.0 Å². The number of guanidine groups is 1. The standard InChI is InChI=1S/C16H24N4O.HI/c1-18-15(21)13-7-5-6-12(10-13)11-19-16(17)20-14-8-3-2-4-9-14;/h5-7,10,14H,2-4,8-9,11H2,1H3,(H,18,21)(H3,17,19,20);1H. The Morgan fingerprint density at radius 1 is 1.32 bits per heavy atom. The van der Waals surface area contributed by atoms with E-state index >= 15 is 0 Å². The third-order valence-corrected chi connectivity index (χ3v) is 3.81. The number of hydrogen-bond acceptors (Lipinski definition) is 2. The SMILES string of the molecule is CNC(=O)c1cccc(CN=C(N)NC2CCCCC2)c1.I. The van der Waals surface area contributed by atoms with Gasteiger partial charge in [-0.15, -0.1) is 24.0 Å². The molecule has 0 aromatic heterocycles. The summed E-state index contributed by atoms with van der Waals surface area (Å²) in [4.78, 5) is 15.9. The first-order chi connectivity index (χ1) is 10.2. The topological polar surface area (TPSA) is 79.5 Å². The van der Waals surface area contributed by atoms with Crippen molar-refractivity contribution in [2.75, 3.05) is 7.05 Å². The van der Waals surface area contributed by atoms with Crippen molar-refractivity contribution in [1.82, 2.24) is 10.6 Å². The molecular weight excluding hydrogens is 391 g/mol. The number of hydrogen-bond donors (Lipinski definition) is 3. The number of carbonyl (C=O) groups is 1. The second kappa shape index (κ2) is 9.66. The average Bonchev–Trinajstić information content (AvgIpc) is 2.53. The Hall–Kier alpha value is -1.31. The first kappa shape index (κ1) is 18.7. The van der Waals surface area contributed by atoms with Crippen LogP contribution in [0.15, 0.2) is 29.3 Å². The van der Waals surface area contributed by atoms with E-state index in [1.165, 1.54) is 32.1 Å². The molecule has 0 heterocycles. The molecule has 1 saturated carbocycles. The molecule has 1 amide bonds. The Morgan fingerprint density at radius 3 is 2.73 bits per heavy atom. The molecule has 122 valence electrons. The molecule has 1 fully saturated rings. The zero-order chi connectivity index (χ0) is 15.1. The normalized spacial score (nSPS) is 15.8. The van der Waals surface area contributed by atoms with Crippen LogP contribution in [0.3, 0.4) is 0 Å². The lowest BCUT2D eigenvalue weighted by Gasteiger charge is -2.23. The van der Waals surface area contributed by atoms with Crippen LogP contribution in [0.4, 0.5) is 0 Å². The van der Waals surface area contributed by atoms with Crippen LogP contribution < -0.4 is 16.4 Å². The number of rotatable bonds is 4. The van der Waals surface area contributed by atoms with Crippen LogP contribution in [0.1, 0.15) is 48.0 Å². The first-order valence-electron chi connectivity index (χ1n) is 7.56. The zero-order valence-electron chi connectivity index (χ0n) is 13.0. The number of nitrogens with one attached hydrogen (secondary N) is 2. The maximum absolute atomic E-state index is 11.6. The second-order valence-electron chi connectivity index (χ2n) is 5.46. The number of nitrogens with two attached hydrogens (primary N) is 1. The highest BCUT2D eigenvalue weighted by molar-refractivity contribution is 14.0. The van der Waals surface area contributed by atoms with E-state index in [1.54, 1.807) is 13.1 Å². The van der Waals surface area contributed by atoms with Gasteiger partial charge in [0.15, 0.2) is 5.96 Å². The van der Waals surface area contributed by atoms with E-state index in [2.05, 4.69) is 15.6 Å². The number of benzene rings is 1. The van der Waals surface area contributed by atoms with Gasteiger partial charge in [-0.3, -0.25) is 4.79 Å². The molecule has 1 aromatic rings. The van der Waals surface area contributed by atoms with Crippen molar-refractivity contribution < 1.29 is 4.79 Å². The molecule has 5 nitrogen and oxygen atoms in total. The molecule has 1 aromatic carbocycles. The molecule has 0 spiro atoms. The van der Waals surface area contributed by atoms with E-state index in [0.717, 1.165) is 5.56 Å². The van der Waals surface area contributed by atoms with Crippen molar-refractivity contribution in [3.63, 3.8) is 0 Å². The van der Waals surface area contributed by atoms with Gasteiger partial charge in [0.25, 0.3) is 5.91 Å². The predicted molar refractivity (Wildman–Crippen MR) is 101 cm³/mol. The van der Waals surface area contributed by atoms with Crippen molar-refractivity contribution in [3.8, 4) is 0 Å². The minimum absolute atomic E-state index is 0. The largest absolute Gasteiger partial charge is 0.370 e. The van der Waals surface area contributed by atoms with Gasteiger partial charge in [0.1, 0.15) is 0 Å². The van der Waals surface area contributed by atoms with Gasteiger partial charge >= 0.3 is 0 Å². The summed E-state index contributed by atoms with van der Waals surface area (Å²) in [5.41, 5.74) is 7.55. The lowest BCUT2D eigenvalue weighted by Crippen LogP contribution is -2.41. The third kappa shape index (κ3) is 5.82. The minimum Gasteiger partial charge on any atom is -0.370 e. The molecule has 1 aliphatic carbocycles. The lowest BCUT2D eigenvalue weighted by atomic mass is 9.96. The smallest absolute Gasteiger partial charge is 0.251 e. The summed E-state index contributed by atoms with van der Waals surface area (Å²) in [6.07, 6.45) is 6.19. The van der Waals surface area contributed by atoms with E-state index in [9.17, 15) is 4.79 Å². The Kier molecular flexibility index (Phi) is 8.22. The summed E-state index contributed by atoms with van der Waals surface area (Å²) in [6, 6.07) is 7.90. The van der Waals surface area contributed by atoms with Crippen LogP contribution in [0.5, 0.6) is 0 Å². The Labute approximate surface area is 149 Å². The van der Waals surface area contributed by atoms with Gasteiger partial charge in [0.05, 0.1) is 6.54 Å². The second-order valence-corrected chi connectivity index (χ2v) is 5.46. The minimum atomic E-state index is -0.0888. The molecule has 1 aliphatic rings. The highest BCUT2D eigenvalue weighted by atomic mass is 127. The lowest BCUT2D eigenvalue weighted by molar-refractivity contribution is 0.0963. The van der Waals surface area contributed by atoms with Crippen molar-refractivity contribution in [1.29, 1.82) is 0 Å². The number of halogens is 1. The summed E-state index contributed by atoms with van der Waals surface area (Å²) < 4.78 is 0. The number of carbonyl (C=O) groups excluding carboxylic acids is 1. The molecule has 6 heteroatoms. The molecule has 0 unspecified atom stereocenters. The fourth-order valence-corrected chi connectivity index (χ4v) is 2.63. The molecule has 0 radical (unpaired) electrons. The number of aliphatic imine (C=N–C) groups is 1. The Balaban J connectivity index is 0.00000242. The zero-order valence-corrected chi connectivity index (χ0v) is 15.3. The van der Waals surface area contributed by atoms with Crippen LogP contribution in [0.2, 0.25) is 0 Å². The van der Waals surface area contributed by atoms with E-state index in [0.29, 0.717) is 24.1 Å². The predicted octanol–water partition coefficient (Wildman–Crippen LogP) is 2.40. The van der Waals surface area contributed by atoms with E-state index in [4.69, 9.17) is 5.73 Å². The molecule has 0 bridgehead atoms. The first-order valence-corrected chi connectivity index (χ1v) is 7.56. The summed E-state index contributed by atoms with van der Waals surface area (Å²) in [6.45, 7) is 0.483. The average molecular weight is 416 g/mol. The molecule has 0 aliphatic heterocycles. The Bertz CT molecular complexity index is 513. The fourth-order valence-electron chi connectivity index (χ4n) is 2.63. The van der Waals surface area contributed by atoms with Gasteiger partial charge < -0.3 is 16.4 Å². The highest BCUT2D eigenvalue weighted by Crippen LogP contribution is 2.17. The van der Waals surface area contributed by atoms with Gasteiger partial charge in [0.2, 0.25) is 0 Å². The van der Waals surface area contributed by atoms with Gasteiger partial charge in [0, 0.05) is 18.7 Å². The van der Waals surface area contributed by atoms with Gasteiger partial charge in [-0.05, 0) is 30.5 Å². The summed E-state index contributed by atoms with van der Waals surface area (Å²) >= 11 is 0. The maximum Gasteiger partial charge on any atom is 0.251 e. The quantitative estimate of drug-likeness (QED) is 0.401. The van der Waals surface area contributed by atoms with Crippen molar-refractivity contribution in [2.24, 2.45) is 10.7 Å². The summed E-state index contributed by atoms with van der Waals surface area (Å²) in [5, 5.41) is 5.90. The van der Waals surface area contributed by atoms with E-state index in [-0.39, 0.29) is 29.9 Å². The van der Waals surface area contributed by atoms with E-state index < -0.39 is 0 Å². The summed E-state index contributed by atoms with van der Waals surface area (Å²) in [5.74, 6) is 0.404.